The lowest BCUT2D eigenvalue weighted by atomic mass is 9.95. The average Bonchev–Trinajstić information content (AvgIpc) is 3.33. The minimum Gasteiger partial charge on any atom is -0.497 e. The summed E-state index contributed by atoms with van der Waals surface area (Å²) in [5.41, 5.74) is 3.40. The van der Waals surface area contributed by atoms with Gasteiger partial charge in [-0.2, -0.15) is 0 Å². The molecule has 9 heteroatoms. The number of ether oxygens (including phenoxy) is 2. The molecule has 1 aromatic carbocycles. The normalized spacial score (nSPS) is 11.3. The molecule has 0 atom stereocenters. The lowest BCUT2D eigenvalue weighted by molar-refractivity contribution is -0.148. The number of pyridine rings is 1. The Bertz CT molecular complexity index is 1300. The predicted molar refractivity (Wildman–Crippen MR) is 126 cm³/mol. The first-order valence-corrected chi connectivity index (χ1v) is 10.6. The number of aromatic amines is 1. The molecule has 3 aromatic heterocycles. The minimum atomic E-state index is -1.00. The van der Waals surface area contributed by atoms with Gasteiger partial charge >= 0.3 is 5.97 Å². The maximum absolute atomic E-state index is 11.3. The summed E-state index contributed by atoms with van der Waals surface area (Å²) in [6.45, 7) is 5.16. The molecule has 0 radical (unpaired) electrons. The predicted octanol–water partition coefficient (Wildman–Crippen LogP) is 4.40. The van der Waals surface area contributed by atoms with Gasteiger partial charge < -0.3 is 19.6 Å². The standard InChI is InChI=1S/C25H25N5O4/c1-15-9-21(34-14-25(2,3)24(31)32)26-12-19(15)17-10-27-22(28-11-17)23-29-13-20(30-23)16-5-7-18(33-4)8-6-16/h5-13H,14H2,1-4H3,(H,29,30)(H,31,32). The molecule has 0 saturated heterocycles. The summed E-state index contributed by atoms with van der Waals surface area (Å²) in [6, 6.07) is 9.45. The number of imidazole rings is 1. The topological polar surface area (TPSA) is 123 Å². The monoisotopic (exact) mass is 459 g/mol. The van der Waals surface area contributed by atoms with Crippen molar-refractivity contribution in [3.05, 3.63) is 60.7 Å². The molecule has 0 fully saturated rings. The Labute approximate surface area is 196 Å². The van der Waals surface area contributed by atoms with Crippen LogP contribution in [0.4, 0.5) is 0 Å². The summed E-state index contributed by atoms with van der Waals surface area (Å²) in [6.07, 6.45) is 6.85. The first kappa shape index (κ1) is 22.9. The van der Waals surface area contributed by atoms with Crippen LogP contribution in [0.3, 0.4) is 0 Å². The van der Waals surface area contributed by atoms with E-state index in [0.717, 1.165) is 33.7 Å². The number of H-pyrrole nitrogens is 1. The number of rotatable bonds is 8. The number of benzene rings is 1. The zero-order chi connectivity index (χ0) is 24.3. The third kappa shape index (κ3) is 4.88. The van der Waals surface area contributed by atoms with Crippen LogP contribution in [-0.4, -0.2) is 49.7 Å². The molecule has 4 aromatic rings. The summed E-state index contributed by atoms with van der Waals surface area (Å²) >= 11 is 0. The first-order chi connectivity index (χ1) is 16.3. The van der Waals surface area contributed by atoms with E-state index in [-0.39, 0.29) is 6.61 Å². The quantitative estimate of drug-likeness (QED) is 0.397. The number of hydrogen-bond acceptors (Lipinski definition) is 7. The van der Waals surface area contributed by atoms with Crippen molar-refractivity contribution in [1.29, 1.82) is 0 Å². The second kappa shape index (κ2) is 9.30. The minimum absolute atomic E-state index is 0.0214. The van der Waals surface area contributed by atoms with E-state index < -0.39 is 11.4 Å². The number of aromatic nitrogens is 5. The molecule has 2 N–H and O–H groups in total. The number of carbonyl (C=O) groups is 1. The summed E-state index contributed by atoms with van der Waals surface area (Å²) in [7, 11) is 1.63. The van der Waals surface area contributed by atoms with Crippen molar-refractivity contribution >= 4 is 5.97 Å². The molecule has 0 spiro atoms. The van der Waals surface area contributed by atoms with E-state index in [9.17, 15) is 9.90 Å². The van der Waals surface area contributed by atoms with E-state index in [0.29, 0.717) is 17.5 Å². The molecule has 0 aliphatic rings. The molecule has 4 rings (SSSR count). The molecule has 0 amide bonds. The van der Waals surface area contributed by atoms with Crippen molar-refractivity contribution < 1.29 is 19.4 Å². The lowest BCUT2D eigenvalue weighted by Crippen LogP contribution is -2.30. The van der Waals surface area contributed by atoms with Crippen molar-refractivity contribution in [3.63, 3.8) is 0 Å². The second-order valence-electron chi connectivity index (χ2n) is 8.48. The highest BCUT2D eigenvalue weighted by molar-refractivity contribution is 5.73. The van der Waals surface area contributed by atoms with Crippen LogP contribution in [0.1, 0.15) is 19.4 Å². The van der Waals surface area contributed by atoms with Gasteiger partial charge in [0, 0.05) is 35.8 Å². The summed E-state index contributed by atoms with van der Waals surface area (Å²) < 4.78 is 10.8. The van der Waals surface area contributed by atoms with Crippen LogP contribution < -0.4 is 9.47 Å². The molecule has 174 valence electrons. The number of aryl methyl sites for hydroxylation is 1. The summed E-state index contributed by atoms with van der Waals surface area (Å²) in [4.78, 5) is 32.1. The fourth-order valence-corrected chi connectivity index (χ4v) is 3.17. The van der Waals surface area contributed by atoms with Gasteiger partial charge in [0.15, 0.2) is 11.6 Å². The lowest BCUT2D eigenvalue weighted by Gasteiger charge is -2.19. The molecule has 3 heterocycles. The zero-order valence-corrected chi connectivity index (χ0v) is 19.4. The molecule has 0 saturated carbocycles. The third-order valence-electron chi connectivity index (χ3n) is 5.40. The van der Waals surface area contributed by atoms with Gasteiger partial charge in [-0.3, -0.25) is 4.79 Å². The largest absolute Gasteiger partial charge is 0.497 e. The Hall–Kier alpha value is -4.27. The molecule has 9 nitrogen and oxygen atoms in total. The van der Waals surface area contributed by atoms with Crippen LogP contribution >= 0.6 is 0 Å². The Morgan fingerprint density at radius 2 is 1.71 bits per heavy atom. The van der Waals surface area contributed by atoms with Crippen LogP contribution in [0.5, 0.6) is 11.6 Å². The van der Waals surface area contributed by atoms with Crippen LogP contribution in [0.15, 0.2) is 55.1 Å². The van der Waals surface area contributed by atoms with Crippen molar-refractivity contribution in [1.82, 2.24) is 24.9 Å². The van der Waals surface area contributed by atoms with Gasteiger partial charge in [0.05, 0.1) is 24.4 Å². The SMILES string of the molecule is COc1ccc(-c2cnc(-c3ncc(-c4cnc(OCC(C)(C)C(=O)O)cc4C)cn3)[nH]2)cc1. The number of nitrogens with one attached hydrogen (secondary N) is 1. The molecule has 34 heavy (non-hydrogen) atoms. The van der Waals surface area contributed by atoms with Gasteiger partial charge in [0.1, 0.15) is 12.4 Å². The average molecular weight is 460 g/mol. The molecule has 0 aliphatic carbocycles. The zero-order valence-electron chi connectivity index (χ0n) is 19.4. The van der Waals surface area contributed by atoms with Crippen molar-refractivity contribution in [2.45, 2.75) is 20.8 Å². The molecule has 0 unspecified atom stereocenters. The van der Waals surface area contributed by atoms with E-state index in [1.54, 1.807) is 51.8 Å². The number of aliphatic carboxylic acids is 1. The number of hydrogen-bond donors (Lipinski definition) is 2. The van der Waals surface area contributed by atoms with Gasteiger partial charge in [-0.1, -0.05) is 0 Å². The Morgan fingerprint density at radius 1 is 1.00 bits per heavy atom. The van der Waals surface area contributed by atoms with Crippen LogP contribution in [0.2, 0.25) is 0 Å². The van der Waals surface area contributed by atoms with E-state index in [1.807, 2.05) is 31.2 Å². The van der Waals surface area contributed by atoms with Crippen LogP contribution in [0, 0.1) is 12.3 Å². The fraction of sp³-hybridized carbons (Fsp3) is 0.240. The number of nitrogens with zero attached hydrogens (tertiary/aromatic N) is 4. The fourth-order valence-electron chi connectivity index (χ4n) is 3.17. The van der Waals surface area contributed by atoms with Gasteiger partial charge in [0.25, 0.3) is 0 Å². The van der Waals surface area contributed by atoms with E-state index in [2.05, 4.69) is 24.9 Å². The van der Waals surface area contributed by atoms with Gasteiger partial charge in [-0.15, -0.1) is 0 Å². The Kier molecular flexibility index (Phi) is 6.27. The van der Waals surface area contributed by atoms with E-state index in [4.69, 9.17) is 9.47 Å². The maximum atomic E-state index is 11.3. The maximum Gasteiger partial charge on any atom is 0.312 e. The van der Waals surface area contributed by atoms with Gasteiger partial charge in [-0.05, 0) is 56.2 Å². The second-order valence-corrected chi connectivity index (χ2v) is 8.48. The highest BCUT2D eigenvalue weighted by Crippen LogP contribution is 2.27. The van der Waals surface area contributed by atoms with Crippen molar-refractivity contribution in [2.24, 2.45) is 5.41 Å². The highest BCUT2D eigenvalue weighted by atomic mass is 16.5. The number of carboxylic acid groups (broad SMARTS) is 1. The third-order valence-corrected chi connectivity index (χ3v) is 5.40. The van der Waals surface area contributed by atoms with Gasteiger partial charge in [-0.25, -0.2) is 19.9 Å². The molecule has 0 aliphatic heterocycles. The van der Waals surface area contributed by atoms with Crippen LogP contribution in [-0.2, 0) is 4.79 Å². The van der Waals surface area contributed by atoms with E-state index in [1.165, 1.54) is 0 Å². The number of carboxylic acids is 1. The summed E-state index contributed by atoms with van der Waals surface area (Å²) in [5, 5.41) is 9.22. The van der Waals surface area contributed by atoms with Crippen LogP contribution in [0.25, 0.3) is 34.0 Å². The Morgan fingerprint density at radius 3 is 2.32 bits per heavy atom. The Balaban J connectivity index is 1.48. The first-order valence-electron chi connectivity index (χ1n) is 10.6. The number of methoxy groups -OCH3 is 1. The molecular weight excluding hydrogens is 434 g/mol. The summed E-state index contributed by atoms with van der Waals surface area (Å²) in [5.74, 6) is 1.28. The van der Waals surface area contributed by atoms with Gasteiger partial charge in [0.2, 0.25) is 5.88 Å². The van der Waals surface area contributed by atoms with E-state index >= 15 is 0 Å². The smallest absolute Gasteiger partial charge is 0.312 e. The van der Waals surface area contributed by atoms with Crippen molar-refractivity contribution in [3.8, 4) is 45.7 Å². The highest BCUT2D eigenvalue weighted by Gasteiger charge is 2.28. The molecule has 0 bridgehead atoms. The molecular formula is C25H25N5O4. The van der Waals surface area contributed by atoms with Crippen molar-refractivity contribution in [2.75, 3.05) is 13.7 Å².